The molecule has 0 radical (unpaired) electrons. The topological polar surface area (TPSA) is 61.5 Å². The van der Waals surface area contributed by atoms with Crippen molar-refractivity contribution in [3.63, 3.8) is 0 Å². The van der Waals surface area contributed by atoms with E-state index in [0.717, 1.165) is 67.2 Å². The predicted octanol–water partition coefficient (Wildman–Crippen LogP) is 4.00. The average molecular weight is 439 g/mol. The normalized spacial score (nSPS) is 20.6. The molecule has 1 aliphatic carbocycles. The van der Waals surface area contributed by atoms with Crippen LogP contribution in [0.3, 0.4) is 0 Å². The highest BCUT2D eigenvalue weighted by Gasteiger charge is 2.27. The van der Waals surface area contributed by atoms with Crippen LogP contribution in [-0.2, 0) is 12.8 Å². The molecule has 164 valence electrons. The molecule has 3 aromatic rings. The number of aromatic amines is 1. The van der Waals surface area contributed by atoms with Gasteiger partial charge in [0.2, 0.25) is 0 Å². The second-order valence-corrected chi connectivity index (χ2v) is 9.97. The Morgan fingerprint density at radius 3 is 2.84 bits per heavy atom. The lowest BCUT2D eigenvalue weighted by molar-refractivity contribution is 0.192. The number of hydrogen-bond acceptors (Lipinski definition) is 6. The van der Waals surface area contributed by atoms with Crippen molar-refractivity contribution >= 4 is 27.2 Å². The lowest BCUT2D eigenvalue weighted by Gasteiger charge is -2.38. The minimum absolute atomic E-state index is 0.0360. The number of rotatable bonds is 4. The van der Waals surface area contributed by atoms with Crippen LogP contribution in [0, 0.1) is 5.92 Å². The molecule has 2 aliphatic rings. The molecule has 6 nitrogen and oxygen atoms in total. The largest absolute Gasteiger partial charge is 0.497 e. The quantitative estimate of drug-likeness (QED) is 0.667. The van der Waals surface area contributed by atoms with Crippen LogP contribution < -0.4 is 15.2 Å². The molecule has 5 rings (SSSR count). The summed E-state index contributed by atoms with van der Waals surface area (Å²) in [5.41, 5.74) is 2.48. The van der Waals surface area contributed by atoms with Crippen LogP contribution in [0.15, 0.2) is 29.1 Å². The van der Waals surface area contributed by atoms with Gasteiger partial charge in [0.15, 0.2) is 0 Å². The van der Waals surface area contributed by atoms with Crippen molar-refractivity contribution in [2.45, 2.75) is 39.2 Å². The van der Waals surface area contributed by atoms with Crippen LogP contribution in [0.5, 0.6) is 5.75 Å². The summed E-state index contributed by atoms with van der Waals surface area (Å²) in [6.45, 7) is 8.19. The maximum atomic E-state index is 13.0. The van der Waals surface area contributed by atoms with E-state index < -0.39 is 0 Å². The second kappa shape index (κ2) is 8.28. The SMILES string of the molecule is COc1cccc(N2CCN(C(C)c3nc4sc5c(c4c(=O)[nH]3)CCC(C)C5)CC2)c1. The fraction of sp³-hybridized carbons (Fsp3) is 0.500. The third kappa shape index (κ3) is 3.85. The maximum absolute atomic E-state index is 13.0. The molecule has 1 saturated heterocycles. The van der Waals surface area contributed by atoms with Crippen molar-refractivity contribution in [2.75, 3.05) is 38.2 Å². The Morgan fingerprint density at radius 1 is 1.26 bits per heavy atom. The van der Waals surface area contributed by atoms with Gasteiger partial charge in [0, 0.05) is 42.8 Å². The number of fused-ring (bicyclic) bond motifs is 3. The van der Waals surface area contributed by atoms with Gasteiger partial charge in [0.1, 0.15) is 16.4 Å². The smallest absolute Gasteiger partial charge is 0.259 e. The van der Waals surface area contributed by atoms with Gasteiger partial charge in [0.25, 0.3) is 5.56 Å². The molecule has 2 atom stereocenters. The van der Waals surface area contributed by atoms with Gasteiger partial charge in [0.05, 0.1) is 18.5 Å². The molecule has 1 aromatic carbocycles. The fourth-order valence-corrected chi connectivity index (χ4v) is 6.30. The third-order valence-electron chi connectivity index (χ3n) is 6.86. The Kier molecular flexibility index (Phi) is 5.48. The van der Waals surface area contributed by atoms with Gasteiger partial charge in [-0.3, -0.25) is 9.69 Å². The van der Waals surface area contributed by atoms with Gasteiger partial charge >= 0.3 is 0 Å². The van der Waals surface area contributed by atoms with E-state index in [4.69, 9.17) is 9.72 Å². The highest BCUT2D eigenvalue weighted by atomic mass is 32.1. The standard InChI is InChI=1S/C24H30N4O2S/c1-15-7-8-19-20(13-15)31-24-21(19)23(29)25-22(26-24)16(2)27-9-11-28(12-10-27)17-5-4-6-18(14-17)30-3/h4-6,14-16H,7-13H2,1-3H3,(H,25,26,29). The van der Waals surface area contributed by atoms with Gasteiger partial charge in [-0.05, 0) is 49.8 Å². The van der Waals surface area contributed by atoms with E-state index >= 15 is 0 Å². The first-order valence-corrected chi connectivity index (χ1v) is 12.0. The number of nitrogens with one attached hydrogen (secondary N) is 1. The van der Waals surface area contributed by atoms with Crippen molar-refractivity contribution in [3.8, 4) is 5.75 Å². The van der Waals surface area contributed by atoms with E-state index in [0.29, 0.717) is 5.92 Å². The van der Waals surface area contributed by atoms with Crippen molar-refractivity contribution in [2.24, 2.45) is 5.92 Å². The summed E-state index contributed by atoms with van der Waals surface area (Å²) in [5, 5.41) is 0.839. The molecule has 1 fully saturated rings. The van der Waals surface area contributed by atoms with E-state index in [-0.39, 0.29) is 11.6 Å². The van der Waals surface area contributed by atoms with Crippen LogP contribution in [-0.4, -0.2) is 48.2 Å². The van der Waals surface area contributed by atoms with Crippen LogP contribution >= 0.6 is 11.3 Å². The molecule has 0 amide bonds. The summed E-state index contributed by atoms with van der Waals surface area (Å²) >= 11 is 1.73. The number of ether oxygens (including phenoxy) is 1. The van der Waals surface area contributed by atoms with E-state index in [1.54, 1.807) is 18.4 Å². The van der Waals surface area contributed by atoms with Gasteiger partial charge < -0.3 is 14.6 Å². The molecule has 1 N–H and O–H groups in total. The highest BCUT2D eigenvalue weighted by molar-refractivity contribution is 7.18. The van der Waals surface area contributed by atoms with Gasteiger partial charge in [-0.2, -0.15) is 0 Å². The minimum Gasteiger partial charge on any atom is -0.497 e. The first-order chi connectivity index (χ1) is 15.0. The van der Waals surface area contributed by atoms with Gasteiger partial charge in [-0.25, -0.2) is 4.98 Å². The summed E-state index contributed by atoms with van der Waals surface area (Å²) in [4.78, 5) is 28.1. The zero-order valence-corrected chi connectivity index (χ0v) is 19.3. The van der Waals surface area contributed by atoms with Crippen molar-refractivity contribution in [1.29, 1.82) is 0 Å². The van der Waals surface area contributed by atoms with Gasteiger partial charge in [-0.1, -0.05) is 13.0 Å². The summed E-state index contributed by atoms with van der Waals surface area (Å²) < 4.78 is 5.37. The van der Waals surface area contributed by atoms with Crippen LogP contribution in [0.1, 0.15) is 42.6 Å². The fourth-order valence-electron chi connectivity index (χ4n) is 4.91. The number of benzene rings is 1. The Bertz CT molecular complexity index is 1150. The Hall–Kier alpha value is -2.38. The molecule has 1 aliphatic heterocycles. The predicted molar refractivity (Wildman–Crippen MR) is 127 cm³/mol. The number of hydrogen-bond donors (Lipinski definition) is 1. The Balaban J connectivity index is 1.33. The molecule has 2 unspecified atom stereocenters. The number of anilines is 1. The Labute approximate surface area is 186 Å². The lowest BCUT2D eigenvalue weighted by atomic mass is 9.89. The Morgan fingerprint density at radius 2 is 2.06 bits per heavy atom. The number of aromatic nitrogens is 2. The number of thiophene rings is 1. The van der Waals surface area contributed by atoms with Crippen LogP contribution in [0.25, 0.3) is 10.2 Å². The number of aryl methyl sites for hydroxylation is 1. The maximum Gasteiger partial charge on any atom is 0.259 e. The molecule has 0 saturated carbocycles. The molecule has 7 heteroatoms. The molecular formula is C24H30N4O2S. The third-order valence-corrected chi connectivity index (χ3v) is 8.01. The second-order valence-electron chi connectivity index (χ2n) is 8.88. The first kappa shape index (κ1) is 20.5. The number of methoxy groups -OCH3 is 1. The van der Waals surface area contributed by atoms with Crippen LogP contribution in [0.4, 0.5) is 5.69 Å². The zero-order valence-electron chi connectivity index (χ0n) is 18.5. The van der Waals surface area contributed by atoms with Crippen molar-refractivity contribution < 1.29 is 4.74 Å². The van der Waals surface area contributed by atoms with E-state index in [1.807, 2.05) is 12.1 Å². The number of nitrogens with zero attached hydrogens (tertiary/aromatic N) is 3. The zero-order chi connectivity index (χ0) is 21.5. The molecule has 31 heavy (non-hydrogen) atoms. The summed E-state index contributed by atoms with van der Waals surface area (Å²) in [6.07, 6.45) is 3.24. The minimum atomic E-state index is 0.0360. The highest BCUT2D eigenvalue weighted by Crippen LogP contribution is 2.36. The number of piperazine rings is 1. The summed E-state index contributed by atoms with van der Waals surface area (Å²) in [7, 11) is 1.70. The summed E-state index contributed by atoms with van der Waals surface area (Å²) in [5.74, 6) is 2.37. The molecule has 3 heterocycles. The van der Waals surface area contributed by atoms with Crippen LogP contribution in [0.2, 0.25) is 0 Å². The molecule has 2 aromatic heterocycles. The average Bonchev–Trinajstić information content (AvgIpc) is 3.16. The van der Waals surface area contributed by atoms with Gasteiger partial charge in [-0.15, -0.1) is 11.3 Å². The van der Waals surface area contributed by atoms with Crippen molar-refractivity contribution in [1.82, 2.24) is 14.9 Å². The lowest BCUT2D eigenvalue weighted by Crippen LogP contribution is -2.47. The molecule has 0 spiro atoms. The van der Waals surface area contributed by atoms with Crippen molar-refractivity contribution in [3.05, 3.63) is 50.9 Å². The number of H-pyrrole nitrogens is 1. The summed E-state index contributed by atoms with van der Waals surface area (Å²) in [6, 6.07) is 8.32. The van der Waals surface area contributed by atoms with E-state index in [9.17, 15) is 4.79 Å². The first-order valence-electron chi connectivity index (χ1n) is 11.2. The molecule has 0 bridgehead atoms. The van der Waals surface area contributed by atoms with E-state index in [2.05, 4.69) is 40.8 Å². The van der Waals surface area contributed by atoms with E-state index in [1.165, 1.54) is 16.1 Å². The molecular weight excluding hydrogens is 408 g/mol. The monoisotopic (exact) mass is 438 g/mol.